The fourth-order valence-electron chi connectivity index (χ4n) is 1.98. The molecule has 2 rings (SSSR count). The molecular formula is C12H16BrClFN3O. The average Bonchev–Trinajstić information content (AvgIpc) is 2.32. The first-order valence-electron chi connectivity index (χ1n) is 5.83. The first-order chi connectivity index (χ1) is 8.56. The van der Waals surface area contributed by atoms with Crippen molar-refractivity contribution in [2.75, 3.05) is 18.4 Å². The van der Waals surface area contributed by atoms with Gasteiger partial charge in [-0.2, -0.15) is 0 Å². The van der Waals surface area contributed by atoms with Gasteiger partial charge in [0.25, 0.3) is 0 Å². The third kappa shape index (κ3) is 4.33. The van der Waals surface area contributed by atoms with Crippen LogP contribution in [-0.2, 0) is 0 Å². The Morgan fingerprint density at radius 3 is 2.89 bits per heavy atom. The molecule has 19 heavy (non-hydrogen) atoms. The second-order valence-electron chi connectivity index (χ2n) is 4.40. The number of anilines is 1. The molecule has 1 atom stereocenters. The summed E-state index contributed by atoms with van der Waals surface area (Å²) in [6.45, 7) is 1.18. The van der Waals surface area contributed by atoms with Crippen LogP contribution in [0, 0.1) is 5.82 Å². The number of carbonyl (C=O) groups is 1. The van der Waals surface area contributed by atoms with E-state index in [0.29, 0.717) is 17.6 Å². The number of hydrogen-bond acceptors (Lipinski definition) is 2. The molecule has 0 bridgehead atoms. The summed E-state index contributed by atoms with van der Waals surface area (Å²) in [5, 5.41) is 2.56. The molecule has 0 spiro atoms. The molecule has 0 radical (unpaired) electrons. The second-order valence-corrected chi connectivity index (χ2v) is 5.32. The SMILES string of the molecule is Cl.N[C@H]1CCCN(C(=O)Nc2ccc(Br)cc2F)C1. The number of nitrogens with one attached hydrogen (secondary N) is 1. The van der Waals surface area contributed by atoms with Crippen LogP contribution < -0.4 is 11.1 Å². The van der Waals surface area contributed by atoms with E-state index < -0.39 is 5.82 Å². The number of nitrogens with zero attached hydrogens (tertiary/aromatic N) is 1. The predicted octanol–water partition coefficient (Wildman–Crippen LogP) is 2.97. The van der Waals surface area contributed by atoms with E-state index in [0.717, 1.165) is 12.8 Å². The molecule has 1 fully saturated rings. The Labute approximate surface area is 126 Å². The summed E-state index contributed by atoms with van der Waals surface area (Å²) in [7, 11) is 0. The van der Waals surface area contributed by atoms with E-state index in [9.17, 15) is 9.18 Å². The molecular weight excluding hydrogens is 337 g/mol. The molecule has 4 nitrogen and oxygen atoms in total. The summed E-state index contributed by atoms with van der Waals surface area (Å²) >= 11 is 3.17. The Morgan fingerprint density at radius 1 is 1.53 bits per heavy atom. The van der Waals surface area contributed by atoms with E-state index in [4.69, 9.17) is 5.73 Å². The third-order valence-corrected chi connectivity index (χ3v) is 3.41. The predicted molar refractivity (Wildman–Crippen MR) is 79.1 cm³/mol. The summed E-state index contributed by atoms with van der Waals surface area (Å²) in [6, 6.07) is 4.24. The van der Waals surface area contributed by atoms with Crippen LogP contribution in [0.4, 0.5) is 14.9 Å². The number of urea groups is 1. The highest BCUT2D eigenvalue weighted by Gasteiger charge is 2.21. The van der Waals surface area contributed by atoms with Gasteiger partial charge in [-0.1, -0.05) is 15.9 Å². The summed E-state index contributed by atoms with van der Waals surface area (Å²) in [5.74, 6) is -0.459. The monoisotopic (exact) mass is 351 g/mol. The maximum absolute atomic E-state index is 13.6. The van der Waals surface area contributed by atoms with Gasteiger partial charge in [0, 0.05) is 23.6 Å². The number of nitrogens with two attached hydrogens (primary N) is 1. The molecule has 7 heteroatoms. The lowest BCUT2D eigenvalue weighted by atomic mass is 10.1. The quantitative estimate of drug-likeness (QED) is 0.816. The second kappa shape index (κ2) is 7.07. The molecule has 0 aliphatic carbocycles. The molecule has 1 aromatic rings. The van der Waals surface area contributed by atoms with Gasteiger partial charge in [0.1, 0.15) is 5.82 Å². The van der Waals surface area contributed by atoms with Gasteiger partial charge in [0.2, 0.25) is 0 Å². The highest BCUT2D eigenvalue weighted by Crippen LogP contribution is 2.20. The van der Waals surface area contributed by atoms with Gasteiger partial charge in [-0.25, -0.2) is 9.18 Å². The number of carbonyl (C=O) groups excluding carboxylic acids is 1. The summed E-state index contributed by atoms with van der Waals surface area (Å²) in [4.78, 5) is 13.6. The maximum atomic E-state index is 13.6. The number of benzene rings is 1. The summed E-state index contributed by atoms with van der Waals surface area (Å²) in [6.07, 6.45) is 1.81. The van der Waals surface area contributed by atoms with Crippen molar-refractivity contribution in [1.82, 2.24) is 4.90 Å². The lowest BCUT2D eigenvalue weighted by molar-refractivity contribution is 0.193. The number of halogens is 3. The van der Waals surface area contributed by atoms with Crippen molar-refractivity contribution in [3.05, 3.63) is 28.5 Å². The minimum absolute atomic E-state index is 0. The third-order valence-electron chi connectivity index (χ3n) is 2.92. The Hall–Kier alpha value is -0.850. The van der Waals surface area contributed by atoms with Crippen LogP contribution in [0.15, 0.2) is 22.7 Å². The standard InChI is InChI=1S/C12H15BrFN3O.ClH/c13-8-3-4-11(10(14)6-8)16-12(18)17-5-1-2-9(15)7-17;/h3-4,6,9H,1-2,5,7,15H2,(H,16,18);1H/t9-;/m0./s1. The number of rotatable bonds is 1. The van der Waals surface area contributed by atoms with Gasteiger partial charge >= 0.3 is 6.03 Å². The first-order valence-corrected chi connectivity index (χ1v) is 6.62. The molecule has 106 valence electrons. The molecule has 1 heterocycles. The van der Waals surface area contributed by atoms with E-state index >= 15 is 0 Å². The lowest BCUT2D eigenvalue weighted by Gasteiger charge is -2.30. The van der Waals surface area contributed by atoms with Gasteiger partial charge in [-0.15, -0.1) is 12.4 Å². The molecule has 0 aromatic heterocycles. The van der Waals surface area contributed by atoms with Crippen LogP contribution in [-0.4, -0.2) is 30.1 Å². The van der Waals surface area contributed by atoms with Crippen molar-refractivity contribution in [3.8, 4) is 0 Å². The number of hydrogen-bond donors (Lipinski definition) is 2. The van der Waals surface area contributed by atoms with Crippen LogP contribution in [0.3, 0.4) is 0 Å². The number of amides is 2. The normalized spacial score (nSPS) is 18.7. The van der Waals surface area contributed by atoms with Crippen molar-refractivity contribution in [3.63, 3.8) is 0 Å². The fraction of sp³-hybridized carbons (Fsp3) is 0.417. The zero-order valence-electron chi connectivity index (χ0n) is 10.2. The zero-order valence-corrected chi connectivity index (χ0v) is 12.6. The van der Waals surface area contributed by atoms with Crippen LogP contribution in [0.2, 0.25) is 0 Å². The van der Waals surface area contributed by atoms with Crippen LogP contribution in [0.25, 0.3) is 0 Å². The Bertz CT molecular complexity index is 461. The summed E-state index contributed by atoms with van der Waals surface area (Å²) in [5.41, 5.74) is 5.99. The number of piperidine rings is 1. The highest BCUT2D eigenvalue weighted by molar-refractivity contribution is 9.10. The smallest absolute Gasteiger partial charge is 0.321 e. The number of likely N-dealkylation sites (tertiary alicyclic amines) is 1. The molecule has 1 aromatic carbocycles. The van der Waals surface area contributed by atoms with Crippen molar-refractivity contribution in [1.29, 1.82) is 0 Å². The topological polar surface area (TPSA) is 58.4 Å². The van der Waals surface area contributed by atoms with Crippen molar-refractivity contribution in [2.45, 2.75) is 18.9 Å². The van der Waals surface area contributed by atoms with E-state index in [1.54, 1.807) is 11.0 Å². The Kier molecular flexibility index (Phi) is 6.03. The Balaban J connectivity index is 0.00000180. The van der Waals surface area contributed by atoms with E-state index in [-0.39, 0.29) is 30.2 Å². The van der Waals surface area contributed by atoms with Gasteiger partial charge in [0.15, 0.2) is 0 Å². The zero-order chi connectivity index (χ0) is 13.1. The van der Waals surface area contributed by atoms with Crippen LogP contribution in [0.5, 0.6) is 0 Å². The van der Waals surface area contributed by atoms with Crippen LogP contribution >= 0.6 is 28.3 Å². The minimum Gasteiger partial charge on any atom is -0.326 e. The molecule has 2 amide bonds. The summed E-state index contributed by atoms with van der Waals surface area (Å²) < 4.78 is 14.2. The molecule has 0 saturated carbocycles. The lowest BCUT2D eigenvalue weighted by Crippen LogP contribution is -2.47. The molecule has 1 aliphatic rings. The largest absolute Gasteiger partial charge is 0.326 e. The van der Waals surface area contributed by atoms with Crippen molar-refractivity contribution >= 4 is 40.1 Å². The van der Waals surface area contributed by atoms with E-state index in [1.165, 1.54) is 12.1 Å². The van der Waals surface area contributed by atoms with Gasteiger partial charge < -0.3 is 16.0 Å². The van der Waals surface area contributed by atoms with Crippen LogP contribution in [0.1, 0.15) is 12.8 Å². The van der Waals surface area contributed by atoms with E-state index in [1.807, 2.05) is 0 Å². The van der Waals surface area contributed by atoms with Crippen molar-refractivity contribution < 1.29 is 9.18 Å². The van der Waals surface area contributed by atoms with Gasteiger partial charge in [0.05, 0.1) is 5.69 Å². The molecule has 0 unspecified atom stereocenters. The van der Waals surface area contributed by atoms with Crippen molar-refractivity contribution in [2.24, 2.45) is 5.73 Å². The molecule has 1 aliphatic heterocycles. The molecule has 1 saturated heterocycles. The minimum atomic E-state index is -0.459. The fourth-order valence-corrected chi connectivity index (χ4v) is 2.31. The maximum Gasteiger partial charge on any atom is 0.321 e. The Morgan fingerprint density at radius 2 is 2.26 bits per heavy atom. The highest BCUT2D eigenvalue weighted by atomic mass is 79.9. The van der Waals surface area contributed by atoms with Gasteiger partial charge in [-0.05, 0) is 31.0 Å². The van der Waals surface area contributed by atoms with Gasteiger partial charge in [-0.3, -0.25) is 0 Å². The average molecular weight is 353 g/mol. The molecule has 3 N–H and O–H groups in total. The first kappa shape index (κ1) is 16.2. The van der Waals surface area contributed by atoms with E-state index in [2.05, 4.69) is 21.2 Å².